The van der Waals surface area contributed by atoms with E-state index in [0.29, 0.717) is 32.7 Å². The van der Waals surface area contributed by atoms with E-state index in [1.165, 1.54) is 4.90 Å². The van der Waals surface area contributed by atoms with Crippen molar-refractivity contribution in [3.63, 3.8) is 0 Å². The Balaban J connectivity index is 2.21. The number of nitrogens with zero attached hydrogens (tertiary/aromatic N) is 1. The van der Waals surface area contributed by atoms with Gasteiger partial charge in [0.2, 0.25) is 0 Å². The van der Waals surface area contributed by atoms with E-state index in [4.69, 9.17) is 25.1 Å². The van der Waals surface area contributed by atoms with Crippen molar-refractivity contribution in [1.82, 2.24) is 4.90 Å². The van der Waals surface area contributed by atoms with Crippen LogP contribution in [0, 0.1) is 0 Å². The van der Waals surface area contributed by atoms with Crippen molar-refractivity contribution in [3.8, 4) is 0 Å². The van der Waals surface area contributed by atoms with Gasteiger partial charge in [0.15, 0.2) is 0 Å². The first-order valence-corrected chi connectivity index (χ1v) is 5.55. The fourth-order valence-electron chi connectivity index (χ4n) is 1.71. The number of hydrogen-bond acceptors (Lipinski definition) is 5. The highest BCUT2D eigenvalue weighted by atomic mass is 16.7. The molecule has 0 saturated carbocycles. The van der Waals surface area contributed by atoms with E-state index < -0.39 is 6.09 Å². The van der Waals surface area contributed by atoms with Crippen LogP contribution in [0.25, 0.3) is 0 Å². The number of ether oxygens (including phenoxy) is 3. The van der Waals surface area contributed by atoms with Gasteiger partial charge in [-0.3, -0.25) is 0 Å². The molecule has 1 rings (SSSR count). The average molecular weight is 248 g/mol. The summed E-state index contributed by atoms with van der Waals surface area (Å²) in [5.41, 5.74) is 5.76. The molecular formula is C10H20N2O5. The number of rotatable bonds is 6. The lowest BCUT2D eigenvalue weighted by molar-refractivity contribution is -0.112. The molecule has 17 heavy (non-hydrogen) atoms. The third kappa shape index (κ3) is 5.31. The number of amides is 1. The van der Waals surface area contributed by atoms with Gasteiger partial charge in [-0.15, -0.1) is 0 Å². The molecule has 0 radical (unpaired) electrons. The minimum Gasteiger partial charge on any atom is -0.465 e. The maximum atomic E-state index is 10.8. The Kier molecular flexibility index (Phi) is 6.20. The van der Waals surface area contributed by atoms with E-state index in [9.17, 15) is 4.79 Å². The first-order valence-electron chi connectivity index (χ1n) is 5.55. The second-order valence-corrected chi connectivity index (χ2v) is 3.99. The van der Waals surface area contributed by atoms with E-state index in [1.54, 1.807) is 7.11 Å². The maximum absolute atomic E-state index is 10.8. The predicted molar refractivity (Wildman–Crippen MR) is 59.8 cm³/mol. The third-order valence-electron chi connectivity index (χ3n) is 2.53. The van der Waals surface area contributed by atoms with Gasteiger partial charge in [-0.25, -0.2) is 4.79 Å². The molecule has 7 heteroatoms. The monoisotopic (exact) mass is 248 g/mol. The summed E-state index contributed by atoms with van der Waals surface area (Å²) < 4.78 is 15.4. The maximum Gasteiger partial charge on any atom is 0.407 e. The third-order valence-corrected chi connectivity index (χ3v) is 2.53. The van der Waals surface area contributed by atoms with Crippen LogP contribution in [-0.4, -0.2) is 68.5 Å². The summed E-state index contributed by atoms with van der Waals surface area (Å²) in [6, 6.07) is -0.177. The lowest BCUT2D eigenvalue weighted by Gasteiger charge is -2.34. The van der Waals surface area contributed by atoms with Crippen LogP contribution in [-0.2, 0) is 14.2 Å². The number of likely N-dealkylation sites (tertiary alicyclic amines) is 1. The van der Waals surface area contributed by atoms with Crippen LogP contribution in [0.1, 0.15) is 6.42 Å². The van der Waals surface area contributed by atoms with Crippen molar-refractivity contribution in [3.05, 3.63) is 0 Å². The second kappa shape index (κ2) is 7.44. The number of nitrogens with two attached hydrogens (primary N) is 1. The number of hydrogen-bond donors (Lipinski definition) is 2. The molecule has 0 aromatic rings. The molecule has 1 heterocycles. The fraction of sp³-hybridized carbons (Fsp3) is 0.900. The van der Waals surface area contributed by atoms with Gasteiger partial charge in [-0.1, -0.05) is 0 Å². The van der Waals surface area contributed by atoms with Crippen molar-refractivity contribution in [2.75, 3.05) is 40.2 Å². The highest BCUT2D eigenvalue weighted by Crippen LogP contribution is 2.12. The van der Waals surface area contributed by atoms with Gasteiger partial charge in [0.05, 0.1) is 25.9 Å². The van der Waals surface area contributed by atoms with Gasteiger partial charge in [-0.05, 0) is 6.42 Å². The summed E-state index contributed by atoms with van der Waals surface area (Å²) in [6.07, 6.45) is -0.510. The summed E-state index contributed by atoms with van der Waals surface area (Å²) in [6.45, 7) is 1.80. The molecule has 0 unspecified atom stereocenters. The molecule has 0 aromatic heterocycles. The quantitative estimate of drug-likeness (QED) is 0.495. The zero-order chi connectivity index (χ0) is 12.7. The Morgan fingerprint density at radius 3 is 2.88 bits per heavy atom. The molecule has 1 amide bonds. The normalized spacial score (nSPS) is 24.9. The Bertz CT molecular complexity index is 239. The topological polar surface area (TPSA) is 94.3 Å². The molecule has 100 valence electrons. The van der Waals surface area contributed by atoms with Crippen LogP contribution in [0.5, 0.6) is 0 Å². The van der Waals surface area contributed by atoms with E-state index in [-0.39, 0.29) is 18.9 Å². The molecule has 1 fully saturated rings. The minimum atomic E-state index is -0.964. The smallest absolute Gasteiger partial charge is 0.407 e. The lowest BCUT2D eigenvalue weighted by atomic mass is 10.0. The summed E-state index contributed by atoms with van der Waals surface area (Å²) in [7, 11) is 1.59. The first kappa shape index (κ1) is 14.2. The van der Waals surface area contributed by atoms with Crippen molar-refractivity contribution >= 4 is 6.09 Å². The first-order chi connectivity index (χ1) is 8.13. The van der Waals surface area contributed by atoms with Crippen LogP contribution in [0.2, 0.25) is 0 Å². The number of carboxylic acid groups (broad SMARTS) is 1. The van der Waals surface area contributed by atoms with Crippen molar-refractivity contribution in [2.45, 2.75) is 18.6 Å². The van der Waals surface area contributed by atoms with Crippen LogP contribution in [0.3, 0.4) is 0 Å². The standard InChI is InChI=1S/C10H20N2O5/c1-15-2-3-16-7-17-9-4-8(11)5-12(6-9)10(13)14/h8-9H,2-7,11H2,1H3,(H,13,14)/t8-,9+/m1/s1. The number of piperidine rings is 1. The molecule has 1 aliphatic rings. The average Bonchev–Trinajstić information content (AvgIpc) is 2.28. The molecule has 1 aliphatic heterocycles. The lowest BCUT2D eigenvalue weighted by Crippen LogP contribution is -2.51. The Labute approximate surface area is 100 Å². The van der Waals surface area contributed by atoms with E-state index in [1.807, 2.05) is 0 Å². The summed E-state index contributed by atoms with van der Waals surface area (Å²) >= 11 is 0. The van der Waals surface area contributed by atoms with Crippen LogP contribution in [0.4, 0.5) is 4.79 Å². The molecule has 1 saturated heterocycles. The fourth-order valence-corrected chi connectivity index (χ4v) is 1.71. The van der Waals surface area contributed by atoms with Crippen molar-refractivity contribution < 1.29 is 24.1 Å². The van der Waals surface area contributed by atoms with Gasteiger partial charge in [0, 0.05) is 19.7 Å². The molecule has 2 atom stereocenters. The van der Waals surface area contributed by atoms with E-state index >= 15 is 0 Å². The number of carbonyl (C=O) groups is 1. The summed E-state index contributed by atoms with van der Waals surface area (Å²) in [5.74, 6) is 0. The SMILES string of the molecule is COCCOCO[C@H]1C[C@@H](N)CN(C(=O)O)C1. The highest BCUT2D eigenvalue weighted by Gasteiger charge is 2.28. The zero-order valence-electron chi connectivity index (χ0n) is 10.0. The summed E-state index contributed by atoms with van der Waals surface area (Å²) in [5, 5.41) is 8.88. The second-order valence-electron chi connectivity index (χ2n) is 3.99. The summed E-state index contributed by atoms with van der Waals surface area (Å²) in [4.78, 5) is 12.1. The molecule has 0 spiro atoms. The van der Waals surface area contributed by atoms with Gasteiger partial charge in [0.25, 0.3) is 0 Å². The highest BCUT2D eigenvalue weighted by molar-refractivity contribution is 5.65. The van der Waals surface area contributed by atoms with E-state index in [0.717, 1.165) is 0 Å². The van der Waals surface area contributed by atoms with Crippen LogP contribution in [0.15, 0.2) is 0 Å². The molecule has 0 aliphatic carbocycles. The Morgan fingerprint density at radius 1 is 1.47 bits per heavy atom. The largest absolute Gasteiger partial charge is 0.465 e. The zero-order valence-corrected chi connectivity index (χ0v) is 10.0. The van der Waals surface area contributed by atoms with Crippen LogP contribution >= 0.6 is 0 Å². The van der Waals surface area contributed by atoms with Crippen LogP contribution < -0.4 is 5.73 Å². The van der Waals surface area contributed by atoms with Gasteiger partial charge < -0.3 is 30.0 Å². The minimum absolute atomic E-state index is 0.133. The van der Waals surface area contributed by atoms with Gasteiger partial charge in [-0.2, -0.15) is 0 Å². The van der Waals surface area contributed by atoms with Gasteiger partial charge in [0.1, 0.15) is 6.79 Å². The van der Waals surface area contributed by atoms with Crippen molar-refractivity contribution in [2.24, 2.45) is 5.73 Å². The van der Waals surface area contributed by atoms with E-state index in [2.05, 4.69) is 0 Å². The molecule has 3 N–H and O–H groups in total. The predicted octanol–water partition coefficient (Wildman–Crippen LogP) is -0.297. The molecular weight excluding hydrogens is 228 g/mol. The molecule has 0 aromatic carbocycles. The number of methoxy groups -OCH3 is 1. The molecule has 0 bridgehead atoms. The van der Waals surface area contributed by atoms with Gasteiger partial charge >= 0.3 is 6.09 Å². The van der Waals surface area contributed by atoms with Crippen molar-refractivity contribution in [1.29, 1.82) is 0 Å². The Morgan fingerprint density at radius 2 is 2.24 bits per heavy atom. The Hall–Kier alpha value is -0.890. The molecule has 7 nitrogen and oxygen atoms in total.